The number of rotatable bonds is 7. The fourth-order valence-electron chi connectivity index (χ4n) is 6.39. The van der Waals surface area contributed by atoms with Gasteiger partial charge in [0.05, 0.1) is 52.5 Å². The Morgan fingerprint density at radius 1 is 1.10 bits per heavy atom. The lowest BCUT2D eigenvalue weighted by molar-refractivity contribution is -0.169. The molecule has 2 aromatic carbocycles. The van der Waals surface area contributed by atoms with Crippen LogP contribution in [-0.2, 0) is 25.2 Å². The van der Waals surface area contributed by atoms with Crippen molar-refractivity contribution in [1.29, 1.82) is 5.26 Å². The van der Waals surface area contributed by atoms with Crippen LogP contribution in [0.15, 0.2) is 42.5 Å². The van der Waals surface area contributed by atoms with Gasteiger partial charge in [-0.3, -0.25) is 19.8 Å². The number of likely N-dealkylation sites (tertiary alicyclic amines) is 1. The summed E-state index contributed by atoms with van der Waals surface area (Å²) in [5.74, 6) is -2.43. The number of nitrogens with zero attached hydrogens (tertiary/aromatic N) is 3. The number of fused-ring (bicyclic) bond motifs is 5. The summed E-state index contributed by atoms with van der Waals surface area (Å²) in [4.78, 5) is 41.7. The second-order valence-corrected chi connectivity index (χ2v) is 11.0. The largest absolute Gasteiger partial charge is 0.492 e. The molecule has 1 N–H and O–H groups in total. The number of alkyl halides is 3. The van der Waals surface area contributed by atoms with Crippen LogP contribution in [0.2, 0.25) is 0 Å². The van der Waals surface area contributed by atoms with E-state index in [1.165, 1.54) is 12.1 Å². The van der Waals surface area contributed by atoms with Crippen LogP contribution in [0.3, 0.4) is 0 Å². The maximum absolute atomic E-state index is 13.6. The molecule has 10 nitrogen and oxygen atoms in total. The number of benzene rings is 2. The van der Waals surface area contributed by atoms with Gasteiger partial charge < -0.3 is 14.2 Å². The maximum Gasteiger partial charge on any atom is 0.417 e. The van der Waals surface area contributed by atoms with Crippen LogP contribution in [-0.4, -0.2) is 66.9 Å². The van der Waals surface area contributed by atoms with Crippen molar-refractivity contribution in [2.24, 2.45) is 11.8 Å². The average Bonchev–Trinajstić information content (AvgIpc) is 3.29. The monoisotopic (exact) mass is 586 g/mol. The van der Waals surface area contributed by atoms with E-state index in [0.717, 1.165) is 11.0 Å². The molecule has 4 unspecified atom stereocenters. The molecule has 4 atom stereocenters. The first-order chi connectivity index (χ1) is 19.8. The fourth-order valence-corrected chi connectivity index (χ4v) is 6.39. The summed E-state index contributed by atoms with van der Waals surface area (Å²) >= 11 is 0. The van der Waals surface area contributed by atoms with Gasteiger partial charge in [-0.05, 0) is 63.2 Å². The fraction of sp³-hybridized carbons (Fsp3) is 0.448. The van der Waals surface area contributed by atoms with E-state index in [1.54, 1.807) is 45.0 Å². The van der Waals surface area contributed by atoms with Gasteiger partial charge in [0.1, 0.15) is 12.4 Å². The number of imide groups is 1. The molecule has 3 saturated heterocycles. The Hall–Kier alpha value is -4.15. The van der Waals surface area contributed by atoms with Gasteiger partial charge in [-0.2, -0.15) is 18.4 Å². The molecule has 3 heterocycles. The quantitative estimate of drug-likeness (QED) is 0.480. The zero-order valence-electron chi connectivity index (χ0n) is 23.2. The second kappa shape index (κ2) is 10.6. The molecule has 0 radical (unpaired) electrons. The van der Waals surface area contributed by atoms with E-state index < -0.39 is 58.2 Å². The molecule has 3 fully saturated rings. The predicted octanol–water partition coefficient (Wildman–Crippen LogP) is 4.19. The molecule has 2 bridgehead atoms. The van der Waals surface area contributed by atoms with Gasteiger partial charge in [-0.25, -0.2) is 9.69 Å². The topological polar surface area (TPSA) is 121 Å². The van der Waals surface area contributed by atoms with Gasteiger partial charge in [0.25, 0.3) is 0 Å². The number of hydrogen-bond acceptors (Lipinski definition) is 8. The highest BCUT2D eigenvalue weighted by atomic mass is 19.4. The number of amides is 3. The van der Waals surface area contributed by atoms with Gasteiger partial charge in [0.15, 0.2) is 0 Å². The Bertz CT molecular complexity index is 1420. The third kappa shape index (κ3) is 5.16. The molecule has 0 saturated carbocycles. The zero-order valence-corrected chi connectivity index (χ0v) is 23.2. The lowest BCUT2D eigenvalue weighted by atomic mass is 9.79. The summed E-state index contributed by atoms with van der Waals surface area (Å²) < 4.78 is 57.8. The minimum Gasteiger partial charge on any atom is -0.492 e. The van der Waals surface area contributed by atoms with Crippen molar-refractivity contribution in [3.63, 3.8) is 0 Å². The molecule has 222 valence electrons. The third-order valence-corrected chi connectivity index (χ3v) is 7.90. The highest BCUT2D eigenvalue weighted by molar-refractivity contribution is 6.23. The lowest BCUT2D eigenvalue weighted by Gasteiger charge is -2.45. The molecule has 5 rings (SSSR count). The number of nitriles is 1. The second-order valence-electron chi connectivity index (χ2n) is 11.0. The number of ether oxygens (including phenoxy) is 3. The van der Waals surface area contributed by atoms with Gasteiger partial charge in [0.2, 0.25) is 11.8 Å². The van der Waals surface area contributed by atoms with Gasteiger partial charge >= 0.3 is 12.3 Å². The number of carbonyl (C=O) groups is 3. The first kappa shape index (κ1) is 29.3. The molecule has 13 heteroatoms. The van der Waals surface area contributed by atoms with Crippen molar-refractivity contribution in [1.82, 2.24) is 4.90 Å². The molecule has 3 amide bonds. The molecule has 3 aliphatic rings. The van der Waals surface area contributed by atoms with Crippen LogP contribution in [0.1, 0.15) is 31.9 Å². The van der Waals surface area contributed by atoms with E-state index in [4.69, 9.17) is 19.5 Å². The Kier molecular flexibility index (Phi) is 7.40. The summed E-state index contributed by atoms with van der Waals surface area (Å²) in [5, 5.41) is 11.7. The summed E-state index contributed by atoms with van der Waals surface area (Å²) in [7, 11) is 0. The Morgan fingerprint density at radius 3 is 2.26 bits per heavy atom. The van der Waals surface area contributed by atoms with E-state index in [9.17, 15) is 27.6 Å². The van der Waals surface area contributed by atoms with Crippen LogP contribution >= 0.6 is 0 Å². The molecule has 0 spiro atoms. The molecular formula is C29H29F3N4O6. The molecule has 42 heavy (non-hydrogen) atoms. The molecular weight excluding hydrogens is 557 g/mol. The number of carbonyl (C=O) groups excluding carboxylic acids is 3. The van der Waals surface area contributed by atoms with E-state index in [1.807, 2.05) is 4.90 Å². The van der Waals surface area contributed by atoms with Crippen molar-refractivity contribution < 1.29 is 41.8 Å². The van der Waals surface area contributed by atoms with Crippen LogP contribution < -0.4 is 15.0 Å². The first-order valence-corrected chi connectivity index (χ1v) is 13.4. The maximum atomic E-state index is 13.6. The van der Waals surface area contributed by atoms with E-state index >= 15 is 0 Å². The van der Waals surface area contributed by atoms with E-state index in [2.05, 4.69) is 5.32 Å². The minimum absolute atomic E-state index is 0.218. The van der Waals surface area contributed by atoms with Gasteiger partial charge in [-0.1, -0.05) is 0 Å². The Balaban J connectivity index is 1.27. The third-order valence-electron chi connectivity index (χ3n) is 7.90. The first-order valence-electron chi connectivity index (χ1n) is 13.4. The molecule has 0 aliphatic carbocycles. The van der Waals surface area contributed by atoms with Crippen molar-refractivity contribution in [2.75, 3.05) is 43.1 Å². The van der Waals surface area contributed by atoms with Crippen molar-refractivity contribution in [2.45, 2.75) is 38.1 Å². The number of nitrogens with one attached hydrogen (secondary N) is 1. The number of anilines is 2. The average molecular weight is 587 g/mol. The number of hydrogen-bond donors (Lipinski definition) is 1. The molecule has 2 aromatic rings. The highest BCUT2D eigenvalue weighted by Crippen LogP contribution is 2.55. The SMILES string of the molecule is CCOC(=O)Nc1ccc(OCCN2CC3(C)OC(C)(C2)C2C(=O)N(c4ccc(C#N)c(C(F)(F)F)c4)C(=O)C23)cc1. The van der Waals surface area contributed by atoms with E-state index in [0.29, 0.717) is 43.7 Å². The summed E-state index contributed by atoms with van der Waals surface area (Å²) in [6.07, 6.45) is -5.38. The standard InChI is InChI=1S/C29H29F3N4O6/c1-4-40-26(39)34-18-6-9-20(10-7-18)41-12-11-35-15-27(2)22-23(28(3,16-35)42-27)25(38)36(24(22)37)19-8-5-17(14-33)21(13-19)29(30,31)32/h5-10,13,22-23H,4,11-12,15-16H2,1-3H3,(H,34,39). The normalized spacial score (nSPS) is 27.0. The van der Waals surface area contributed by atoms with Crippen LogP contribution in [0.5, 0.6) is 5.75 Å². The smallest absolute Gasteiger partial charge is 0.417 e. The van der Waals surface area contributed by atoms with Crippen LogP contribution in [0.25, 0.3) is 0 Å². The Morgan fingerprint density at radius 2 is 1.71 bits per heavy atom. The lowest BCUT2D eigenvalue weighted by Crippen LogP contribution is -2.58. The number of halogens is 3. The molecule has 0 aromatic heterocycles. The minimum atomic E-state index is -4.83. The summed E-state index contributed by atoms with van der Waals surface area (Å²) in [6, 6.07) is 11.1. The van der Waals surface area contributed by atoms with Crippen molar-refractivity contribution in [3.8, 4) is 11.8 Å². The van der Waals surface area contributed by atoms with Gasteiger partial charge in [0, 0.05) is 25.3 Å². The Labute approximate surface area is 239 Å². The summed E-state index contributed by atoms with van der Waals surface area (Å²) in [6.45, 7) is 6.84. The van der Waals surface area contributed by atoms with E-state index in [-0.39, 0.29) is 12.3 Å². The van der Waals surface area contributed by atoms with Crippen molar-refractivity contribution in [3.05, 3.63) is 53.6 Å². The van der Waals surface area contributed by atoms with Crippen LogP contribution in [0.4, 0.5) is 29.3 Å². The predicted molar refractivity (Wildman–Crippen MR) is 143 cm³/mol. The summed E-state index contributed by atoms with van der Waals surface area (Å²) in [5.41, 5.74) is -3.57. The van der Waals surface area contributed by atoms with Crippen molar-refractivity contribution >= 4 is 29.3 Å². The molecule has 3 aliphatic heterocycles. The number of morpholine rings is 1. The van der Waals surface area contributed by atoms with Crippen LogP contribution in [0, 0.1) is 23.2 Å². The highest BCUT2D eigenvalue weighted by Gasteiger charge is 2.71. The van der Waals surface area contributed by atoms with Gasteiger partial charge in [-0.15, -0.1) is 0 Å². The zero-order chi connectivity index (χ0) is 30.4.